The van der Waals surface area contributed by atoms with E-state index in [1.807, 2.05) is 13.8 Å². The van der Waals surface area contributed by atoms with E-state index in [1.165, 1.54) is 23.0 Å². The van der Waals surface area contributed by atoms with E-state index < -0.39 is 15.9 Å². The van der Waals surface area contributed by atoms with Gasteiger partial charge in [0.2, 0.25) is 0 Å². The topological polar surface area (TPSA) is 116 Å². The highest BCUT2D eigenvalue weighted by Gasteiger charge is 2.21. The molecule has 2 rings (SSSR count). The van der Waals surface area contributed by atoms with Crippen molar-refractivity contribution in [3.05, 3.63) is 36.2 Å². The summed E-state index contributed by atoms with van der Waals surface area (Å²) in [7, 11) is -3.86. The Morgan fingerprint density at radius 3 is 2.48 bits per heavy atom. The number of benzene rings is 1. The van der Waals surface area contributed by atoms with Gasteiger partial charge in [0.1, 0.15) is 5.75 Å². The van der Waals surface area contributed by atoms with Crippen LogP contribution in [0, 0.1) is 0 Å². The van der Waals surface area contributed by atoms with Crippen LogP contribution in [0.5, 0.6) is 5.75 Å². The number of carbonyl (C=O) groups is 1. The van der Waals surface area contributed by atoms with Crippen molar-refractivity contribution in [2.24, 2.45) is 5.73 Å². The number of primary amides is 1. The Balaban J connectivity index is 2.31. The van der Waals surface area contributed by atoms with Crippen molar-refractivity contribution in [1.82, 2.24) is 9.78 Å². The van der Waals surface area contributed by atoms with Crippen LogP contribution in [0.3, 0.4) is 0 Å². The van der Waals surface area contributed by atoms with E-state index in [0.29, 0.717) is 18.9 Å². The Bertz CT molecular complexity index is 797. The van der Waals surface area contributed by atoms with Crippen LogP contribution in [-0.2, 0) is 16.6 Å². The number of nitrogens with one attached hydrogen (secondary N) is 1. The second-order valence-corrected chi connectivity index (χ2v) is 6.30. The van der Waals surface area contributed by atoms with Gasteiger partial charge in [-0.3, -0.25) is 14.2 Å². The van der Waals surface area contributed by atoms with Crippen LogP contribution in [0.1, 0.15) is 24.3 Å². The molecule has 0 saturated carbocycles. The number of nitrogens with zero attached hydrogens (tertiary/aromatic N) is 2. The summed E-state index contributed by atoms with van der Waals surface area (Å²) in [5, 5.41) is 3.94. The molecule has 1 heterocycles. The largest absolute Gasteiger partial charge is 0.494 e. The molecular weight excluding hydrogens is 320 g/mol. The van der Waals surface area contributed by atoms with Crippen LogP contribution in [-0.4, -0.2) is 30.7 Å². The van der Waals surface area contributed by atoms with Crippen LogP contribution < -0.4 is 15.2 Å². The molecule has 2 aromatic rings. The molecule has 0 unspecified atom stereocenters. The summed E-state index contributed by atoms with van der Waals surface area (Å²) in [5.74, 6) is -0.232. The van der Waals surface area contributed by atoms with E-state index in [9.17, 15) is 13.2 Å². The first-order valence-electron chi connectivity index (χ1n) is 7.00. The molecule has 0 fully saturated rings. The molecule has 124 valence electrons. The second-order valence-electron chi connectivity index (χ2n) is 4.62. The Hall–Kier alpha value is -2.55. The van der Waals surface area contributed by atoms with Gasteiger partial charge in [-0.05, 0) is 38.1 Å². The lowest BCUT2D eigenvalue weighted by Crippen LogP contribution is -2.18. The van der Waals surface area contributed by atoms with Gasteiger partial charge in [-0.2, -0.15) is 5.10 Å². The number of aryl methyl sites for hydroxylation is 1. The number of hydrogen-bond donors (Lipinski definition) is 2. The van der Waals surface area contributed by atoms with Gasteiger partial charge in [-0.25, -0.2) is 8.42 Å². The Labute approximate surface area is 134 Å². The van der Waals surface area contributed by atoms with Gasteiger partial charge in [0.15, 0.2) is 5.69 Å². The molecule has 1 aromatic carbocycles. The third kappa shape index (κ3) is 3.81. The highest BCUT2D eigenvalue weighted by Crippen LogP contribution is 2.21. The molecule has 0 bridgehead atoms. The third-order valence-corrected chi connectivity index (χ3v) is 4.39. The summed E-state index contributed by atoms with van der Waals surface area (Å²) in [5.41, 5.74) is 5.15. The number of carbonyl (C=O) groups excluding carboxylic acids is 1. The number of nitrogens with two attached hydrogens (primary N) is 1. The summed E-state index contributed by atoms with van der Waals surface area (Å²) in [6, 6.07) is 5.95. The fourth-order valence-electron chi connectivity index (χ4n) is 1.93. The zero-order valence-corrected chi connectivity index (χ0v) is 13.6. The molecule has 0 aliphatic heterocycles. The van der Waals surface area contributed by atoms with Crippen molar-refractivity contribution >= 4 is 21.6 Å². The van der Waals surface area contributed by atoms with Gasteiger partial charge >= 0.3 is 0 Å². The number of sulfonamides is 1. The maximum Gasteiger partial charge on any atom is 0.271 e. The average molecular weight is 338 g/mol. The molecule has 0 aliphatic rings. The monoisotopic (exact) mass is 338 g/mol. The lowest BCUT2D eigenvalue weighted by Gasteiger charge is -2.08. The summed E-state index contributed by atoms with van der Waals surface area (Å²) >= 11 is 0. The normalized spacial score (nSPS) is 11.2. The number of hydrogen-bond acceptors (Lipinski definition) is 5. The molecule has 9 heteroatoms. The fourth-order valence-corrected chi connectivity index (χ4v) is 2.98. The van der Waals surface area contributed by atoms with Crippen molar-refractivity contribution in [3.8, 4) is 5.75 Å². The molecule has 0 aliphatic carbocycles. The van der Waals surface area contributed by atoms with Gasteiger partial charge in [0, 0.05) is 12.7 Å². The molecule has 0 saturated heterocycles. The number of rotatable bonds is 7. The highest BCUT2D eigenvalue weighted by atomic mass is 32.2. The predicted molar refractivity (Wildman–Crippen MR) is 84.8 cm³/mol. The Morgan fingerprint density at radius 1 is 1.30 bits per heavy atom. The maximum atomic E-state index is 12.4. The maximum absolute atomic E-state index is 12.4. The van der Waals surface area contributed by atoms with E-state index in [0.717, 1.165) is 0 Å². The minimum Gasteiger partial charge on any atom is -0.494 e. The van der Waals surface area contributed by atoms with Gasteiger partial charge < -0.3 is 10.5 Å². The molecule has 1 aromatic heterocycles. The first kappa shape index (κ1) is 16.8. The number of aromatic nitrogens is 2. The summed E-state index contributed by atoms with van der Waals surface area (Å²) in [6.07, 6.45) is 1.42. The summed E-state index contributed by atoms with van der Waals surface area (Å²) in [6.45, 7) is 4.61. The van der Waals surface area contributed by atoms with Gasteiger partial charge in [-0.1, -0.05) is 0 Å². The minimum absolute atomic E-state index is 0.0422. The molecule has 23 heavy (non-hydrogen) atoms. The highest BCUT2D eigenvalue weighted by molar-refractivity contribution is 7.92. The van der Waals surface area contributed by atoms with E-state index in [4.69, 9.17) is 10.5 Å². The SMILES string of the molecule is CCOc1ccc(S(=O)(=O)Nc2cn(CC)nc2C(N)=O)cc1. The lowest BCUT2D eigenvalue weighted by atomic mass is 10.3. The van der Waals surface area contributed by atoms with Crippen molar-refractivity contribution < 1.29 is 17.9 Å². The molecule has 0 spiro atoms. The standard InChI is InChI=1S/C14H18N4O4S/c1-3-18-9-12(13(16-18)14(15)19)17-23(20,21)11-7-5-10(6-8-11)22-4-2/h5-9,17H,3-4H2,1-2H3,(H2,15,19). The first-order chi connectivity index (χ1) is 10.9. The van der Waals surface area contributed by atoms with E-state index >= 15 is 0 Å². The zero-order chi connectivity index (χ0) is 17.0. The predicted octanol–water partition coefficient (Wildman–Crippen LogP) is 1.20. The quantitative estimate of drug-likeness (QED) is 0.787. The zero-order valence-electron chi connectivity index (χ0n) is 12.8. The first-order valence-corrected chi connectivity index (χ1v) is 8.48. The molecule has 8 nitrogen and oxygen atoms in total. The van der Waals surface area contributed by atoms with E-state index in [1.54, 1.807) is 12.1 Å². The molecular formula is C14H18N4O4S. The van der Waals surface area contributed by atoms with E-state index in [2.05, 4.69) is 9.82 Å². The molecule has 1 amide bonds. The summed E-state index contributed by atoms with van der Waals surface area (Å²) < 4.78 is 33.8. The number of ether oxygens (including phenoxy) is 1. The van der Waals surface area contributed by atoms with Crippen LogP contribution in [0.4, 0.5) is 5.69 Å². The van der Waals surface area contributed by atoms with Gasteiger partial charge in [0.05, 0.1) is 17.2 Å². The van der Waals surface area contributed by atoms with Crippen molar-refractivity contribution in [1.29, 1.82) is 0 Å². The lowest BCUT2D eigenvalue weighted by molar-refractivity contribution is 0.0995. The third-order valence-electron chi connectivity index (χ3n) is 3.01. The van der Waals surface area contributed by atoms with Crippen LogP contribution in [0.2, 0.25) is 0 Å². The van der Waals surface area contributed by atoms with Crippen molar-refractivity contribution in [2.75, 3.05) is 11.3 Å². The number of anilines is 1. The molecule has 0 atom stereocenters. The Kier molecular flexibility index (Phi) is 4.89. The van der Waals surface area contributed by atoms with Crippen LogP contribution in [0.25, 0.3) is 0 Å². The molecule has 0 radical (unpaired) electrons. The fraction of sp³-hybridized carbons (Fsp3) is 0.286. The smallest absolute Gasteiger partial charge is 0.271 e. The minimum atomic E-state index is -3.86. The Morgan fingerprint density at radius 2 is 1.96 bits per heavy atom. The van der Waals surface area contributed by atoms with Gasteiger partial charge in [-0.15, -0.1) is 0 Å². The molecule has 3 N–H and O–H groups in total. The van der Waals surface area contributed by atoms with Gasteiger partial charge in [0.25, 0.3) is 15.9 Å². The van der Waals surface area contributed by atoms with Crippen molar-refractivity contribution in [2.45, 2.75) is 25.3 Å². The van der Waals surface area contributed by atoms with Crippen LogP contribution in [0.15, 0.2) is 35.4 Å². The second kappa shape index (κ2) is 6.69. The summed E-state index contributed by atoms with van der Waals surface area (Å²) in [4.78, 5) is 11.4. The van der Waals surface area contributed by atoms with E-state index in [-0.39, 0.29) is 16.3 Å². The number of amides is 1. The average Bonchev–Trinajstić information content (AvgIpc) is 2.90. The van der Waals surface area contributed by atoms with Crippen molar-refractivity contribution in [3.63, 3.8) is 0 Å². The van der Waals surface area contributed by atoms with Crippen LogP contribution >= 0.6 is 0 Å².